The van der Waals surface area contributed by atoms with Crippen LogP contribution in [0.5, 0.6) is 0 Å². The summed E-state index contributed by atoms with van der Waals surface area (Å²) >= 11 is 0. The van der Waals surface area contributed by atoms with Crippen LogP contribution >= 0.6 is 0 Å². The third-order valence-corrected chi connectivity index (χ3v) is 5.48. The van der Waals surface area contributed by atoms with Crippen LogP contribution in [0.1, 0.15) is 27.6 Å². The zero-order valence-electron chi connectivity index (χ0n) is 16.4. The summed E-state index contributed by atoms with van der Waals surface area (Å²) in [5, 5.41) is 3.91. The Labute approximate surface area is 174 Å². The number of aromatic nitrogens is 2. The van der Waals surface area contributed by atoms with Gasteiger partial charge in [-0.1, -0.05) is 42.5 Å². The lowest BCUT2D eigenvalue weighted by atomic mass is 9.97. The highest BCUT2D eigenvalue weighted by atomic mass is 16.5. The Morgan fingerprint density at radius 3 is 2.73 bits per heavy atom. The lowest BCUT2D eigenvalue weighted by Gasteiger charge is -2.26. The average Bonchev–Trinajstić information content (AvgIpc) is 2.82. The molecule has 148 valence electrons. The van der Waals surface area contributed by atoms with Crippen molar-refractivity contribution in [3.05, 3.63) is 95.8 Å². The van der Waals surface area contributed by atoms with Crippen LogP contribution in [0.15, 0.2) is 79.1 Å². The number of rotatable bonds is 4. The third kappa shape index (κ3) is 3.55. The number of para-hydroxylation sites is 1. The first kappa shape index (κ1) is 18.5. The summed E-state index contributed by atoms with van der Waals surface area (Å²) in [7, 11) is 0. The molecule has 0 fully saturated rings. The van der Waals surface area contributed by atoms with Crippen LogP contribution in [0.25, 0.3) is 22.2 Å². The van der Waals surface area contributed by atoms with Gasteiger partial charge in [-0.3, -0.25) is 9.78 Å². The first-order chi connectivity index (χ1) is 14.8. The van der Waals surface area contributed by atoms with Crippen molar-refractivity contribution in [1.82, 2.24) is 15.3 Å². The fraction of sp³-hybridized carbons (Fsp3) is 0.160. The molecule has 0 aliphatic carbocycles. The molecule has 0 saturated carbocycles. The molecule has 4 aromatic rings. The number of nitrogens with zero attached hydrogens (tertiary/aromatic N) is 2. The minimum Gasteiger partial charge on any atom is -0.371 e. The Morgan fingerprint density at radius 2 is 1.83 bits per heavy atom. The van der Waals surface area contributed by atoms with Crippen LogP contribution in [0.4, 0.5) is 0 Å². The Balaban J connectivity index is 1.45. The Kier molecular flexibility index (Phi) is 4.95. The normalized spacial score (nSPS) is 15.5. The van der Waals surface area contributed by atoms with Gasteiger partial charge in [-0.2, -0.15) is 0 Å². The van der Waals surface area contributed by atoms with Gasteiger partial charge in [-0.05, 0) is 41.8 Å². The maximum absolute atomic E-state index is 13.2. The smallest absolute Gasteiger partial charge is 0.252 e. The van der Waals surface area contributed by atoms with Crippen molar-refractivity contribution >= 4 is 16.8 Å². The highest BCUT2D eigenvalue weighted by molar-refractivity contribution is 6.07. The van der Waals surface area contributed by atoms with Gasteiger partial charge in [-0.15, -0.1) is 0 Å². The van der Waals surface area contributed by atoms with Gasteiger partial charge in [0.1, 0.15) is 6.10 Å². The molecule has 1 unspecified atom stereocenters. The van der Waals surface area contributed by atoms with Gasteiger partial charge < -0.3 is 10.1 Å². The van der Waals surface area contributed by atoms with E-state index in [1.165, 1.54) is 5.56 Å². The lowest BCUT2D eigenvalue weighted by Crippen LogP contribution is -2.32. The van der Waals surface area contributed by atoms with E-state index in [-0.39, 0.29) is 12.0 Å². The Hall–Kier alpha value is -3.57. The fourth-order valence-corrected chi connectivity index (χ4v) is 3.96. The average molecular weight is 395 g/mol. The summed E-state index contributed by atoms with van der Waals surface area (Å²) in [6, 6.07) is 21.6. The summed E-state index contributed by atoms with van der Waals surface area (Å²) in [6.07, 6.45) is 4.23. The SMILES string of the molecule is O=C(NCC1OCCc2ccccc21)c1cc(-c2ccncc2)nc2ccccc12. The van der Waals surface area contributed by atoms with Crippen molar-refractivity contribution in [2.45, 2.75) is 12.5 Å². The topological polar surface area (TPSA) is 64.1 Å². The van der Waals surface area contributed by atoms with E-state index in [2.05, 4.69) is 22.4 Å². The number of pyridine rings is 2. The van der Waals surface area contributed by atoms with Crippen LogP contribution in [0.3, 0.4) is 0 Å². The lowest BCUT2D eigenvalue weighted by molar-refractivity contribution is 0.0412. The quantitative estimate of drug-likeness (QED) is 0.558. The van der Waals surface area contributed by atoms with Crippen LogP contribution in [-0.2, 0) is 11.2 Å². The van der Waals surface area contributed by atoms with Crippen molar-refractivity contribution in [2.24, 2.45) is 0 Å². The van der Waals surface area contributed by atoms with Crippen molar-refractivity contribution in [1.29, 1.82) is 0 Å². The standard InChI is InChI=1S/C25H21N3O2/c29-25(27-16-24-19-6-2-1-5-17(19)11-14-30-24)21-15-23(18-9-12-26-13-10-18)28-22-8-4-3-7-20(21)22/h1-10,12-13,15,24H,11,14,16H2,(H,27,29). The third-order valence-electron chi connectivity index (χ3n) is 5.48. The molecule has 5 heteroatoms. The van der Waals surface area contributed by atoms with Crippen molar-refractivity contribution in [2.75, 3.05) is 13.2 Å². The molecule has 0 saturated heterocycles. The van der Waals surface area contributed by atoms with Crippen LogP contribution < -0.4 is 5.32 Å². The zero-order chi connectivity index (χ0) is 20.3. The molecule has 1 atom stereocenters. The van der Waals surface area contributed by atoms with Gasteiger partial charge in [0.2, 0.25) is 0 Å². The first-order valence-corrected chi connectivity index (χ1v) is 10.1. The molecule has 1 aliphatic rings. The fourth-order valence-electron chi connectivity index (χ4n) is 3.96. The van der Waals surface area contributed by atoms with Crippen LogP contribution in [0, 0.1) is 0 Å². The van der Waals surface area contributed by atoms with Crippen molar-refractivity contribution in [3.63, 3.8) is 0 Å². The number of carbonyl (C=O) groups is 1. The van der Waals surface area contributed by atoms with Gasteiger partial charge in [-0.25, -0.2) is 4.98 Å². The molecule has 5 nitrogen and oxygen atoms in total. The number of carbonyl (C=O) groups excluding carboxylic acids is 1. The maximum Gasteiger partial charge on any atom is 0.252 e. The molecule has 1 aliphatic heterocycles. The molecule has 1 amide bonds. The second-order valence-electron chi connectivity index (χ2n) is 7.33. The molecule has 5 rings (SSSR count). The highest BCUT2D eigenvalue weighted by Crippen LogP contribution is 2.27. The van der Waals surface area contributed by atoms with E-state index in [1.54, 1.807) is 12.4 Å². The summed E-state index contributed by atoms with van der Waals surface area (Å²) in [5.74, 6) is -0.129. The van der Waals surface area contributed by atoms with E-state index >= 15 is 0 Å². The predicted octanol–water partition coefficient (Wildman–Crippen LogP) is 4.34. The molecule has 0 spiro atoms. The van der Waals surface area contributed by atoms with Crippen LogP contribution in [-0.4, -0.2) is 29.0 Å². The molecule has 1 N–H and O–H groups in total. The van der Waals surface area contributed by atoms with E-state index in [0.29, 0.717) is 18.7 Å². The van der Waals surface area contributed by atoms with Gasteiger partial charge in [0, 0.05) is 29.9 Å². The van der Waals surface area contributed by atoms with E-state index < -0.39 is 0 Å². The molecular formula is C25H21N3O2. The molecule has 0 bridgehead atoms. The summed E-state index contributed by atoms with van der Waals surface area (Å²) in [6.45, 7) is 1.10. The molecule has 30 heavy (non-hydrogen) atoms. The largest absolute Gasteiger partial charge is 0.371 e. The van der Waals surface area contributed by atoms with E-state index in [1.807, 2.05) is 54.6 Å². The Morgan fingerprint density at radius 1 is 1.03 bits per heavy atom. The summed E-state index contributed by atoms with van der Waals surface area (Å²) in [5.41, 5.74) is 5.51. The molecule has 3 heterocycles. The number of fused-ring (bicyclic) bond motifs is 2. The van der Waals surface area contributed by atoms with E-state index in [0.717, 1.165) is 34.1 Å². The number of benzene rings is 2. The number of hydrogen-bond acceptors (Lipinski definition) is 4. The number of amides is 1. The molecule has 2 aromatic heterocycles. The monoisotopic (exact) mass is 395 g/mol. The minimum atomic E-state index is -0.133. The second kappa shape index (κ2) is 8.05. The van der Waals surface area contributed by atoms with Crippen LogP contribution in [0.2, 0.25) is 0 Å². The van der Waals surface area contributed by atoms with Gasteiger partial charge in [0.05, 0.1) is 23.4 Å². The number of nitrogens with one attached hydrogen (secondary N) is 1. The molecule has 0 radical (unpaired) electrons. The van der Waals surface area contributed by atoms with Crippen molar-refractivity contribution in [3.8, 4) is 11.3 Å². The maximum atomic E-state index is 13.2. The minimum absolute atomic E-state index is 0.129. The molecule has 2 aromatic carbocycles. The first-order valence-electron chi connectivity index (χ1n) is 10.1. The van der Waals surface area contributed by atoms with Gasteiger partial charge in [0.25, 0.3) is 5.91 Å². The number of hydrogen-bond donors (Lipinski definition) is 1. The summed E-state index contributed by atoms with van der Waals surface area (Å²) < 4.78 is 5.94. The Bertz CT molecular complexity index is 1210. The number of ether oxygens (including phenoxy) is 1. The van der Waals surface area contributed by atoms with Gasteiger partial charge >= 0.3 is 0 Å². The molecular weight excluding hydrogens is 374 g/mol. The van der Waals surface area contributed by atoms with Crippen molar-refractivity contribution < 1.29 is 9.53 Å². The van der Waals surface area contributed by atoms with E-state index in [4.69, 9.17) is 9.72 Å². The summed E-state index contributed by atoms with van der Waals surface area (Å²) in [4.78, 5) is 22.0. The highest BCUT2D eigenvalue weighted by Gasteiger charge is 2.22. The van der Waals surface area contributed by atoms with E-state index in [9.17, 15) is 4.79 Å². The van der Waals surface area contributed by atoms with Gasteiger partial charge in [0.15, 0.2) is 0 Å². The zero-order valence-corrected chi connectivity index (χ0v) is 16.4. The predicted molar refractivity (Wildman–Crippen MR) is 116 cm³/mol. The second-order valence-corrected chi connectivity index (χ2v) is 7.33.